The van der Waals surface area contributed by atoms with Crippen molar-refractivity contribution in [2.45, 2.75) is 19.4 Å². The Balaban J connectivity index is 2.06. The molecular weight excluding hydrogens is 318 g/mol. The number of rotatable bonds is 6. The fraction of sp³-hybridized carbons (Fsp3) is 0.400. The minimum absolute atomic E-state index is 0.0363. The molecule has 0 fully saturated rings. The molecule has 0 saturated heterocycles. The first-order valence-corrected chi connectivity index (χ1v) is 8.50. The fourth-order valence-electron chi connectivity index (χ4n) is 3.35. The zero-order chi connectivity index (χ0) is 17.8. The summed E-state index contributed by atoms with van der Waals surface area (Å²) in [5, 5.41) is 3.59. The highest BCUT2D eigenvalue weighted by Crippen LogP contribution is 2.41. The molecule has 2 aromatic rings. The number of hydrogen-bond donors (Lipinski definition) is 1. The van der Waals surface area contributed by atoms with Gasteiger partial charge in [-0.2, -0.15) is 0 Å². The van der Waals surface area contributed by atoms with Gasteiger partial charge in [0.1, 0.15) is 11.5 Å². The second-order valence-corrected chi connectivity index (χ2v) is 5.88. The molecular formula is C20H25NO4. The first-order valence-electron chi connectivity index (χ1n) is 8.50. The molecule has 1 heterocycles. The van der Waals surface area contributed by atoms with Crippen LogP contribution < -0.4 is 24.3 Å². The molecule has 1 unspecified atom stereocenters. The third-order valence-electron chi connectivity index (χ3n) is 4.53. The lowest BCUT2D eigenvalue weighted by Gasteiger charge is -2.29. The summed E-state index contributed by atoms with van der Waals surface area (Å²) in [4.78, 5) is 0. The molecule has 3 rings (SSSR count). The van der Waals surface area contributed by atoms with E-state index in [1.54, 1.807) is 21.3 Å². The Morgan fingerprint density at radius 3 is 2.32 bits per heavy atom. The molecule has 1 N–H and O–H groups in total. The monoisotopic (exact) mass is 343 g/mol. The summed E-state index contributed by atoms with van der Waals surface area (Å²) in [6.45, 7) is 3.56. The molecule has 0 aromatic heterocycles. The van der Waals surface area contributed by atoms with Gasteiger partial charge in [0.2, 0.25) is 0 Å². The van der Waals surface area contributed by atoms with Crippen LogP contribution in [0.1, 0.15) is 29.7 Å². The Morgan fingerprint density at radius 1 is 0.920 bits per heavy atom. The van der Waals surface area contributed by atoms with E-state index < -0.39 is 0 Å². The van der Waals surface area contributed by atoms with Crippen LogP contribution in [0.2, 0.25) is 0 Å². The SMILES string of the molecule is CCOc1ccc2c(c1)CCNC2c1cc(OC)c(OC)cc1OC. The summed E-state index contributed by atoms with van der Waals surface area (Å²) < 4.78 is 22.1. The van der Waals surface area contributed by atoms with Crippen LogP contribution in [0.4, 0.5) is 0 Å². The molecule has 2 aromatic carbocycles. The van der Waals surface area contributed by atoms with Gasteiger partial charge in [0.05, 0.1) is 34.0 Å². The molecule has 0 saturated carbocycles. The summed E-state index contributed by atoms with van der Waals surface area (Å²) in [7, 11) is 4.94. The maximum atomic E-state index is 5.64. The minimum atomic E-state index is 0.0363. The van der Waals surface area contributed by atoms with Crippen molar-refractivity contribution in [3.05, 3.63) is 47.0 Å². The standard InChI is InChI=1S/C20H25NO4/c1-5-25-14-6-7-15-13(10-14)8-9-21-20(15)16-11-18(23-3)19(24-4)12-17(16)22-2/h6-7,10-12,20-21H,5,8-9H2,1-4H3. The second kappa shape index (κ2) is 7.66. The van der Waals surface area contributed by atoms with E-state index in [0.29, 0.717) is 18.1 Å². The molecule has 1 aliphatic heterocycles. The topological polar surface area (TPSA) is 49.0 Å². The smallest absolute Gasteiger partial charge is 0.164 e. The predicted octanol–water partition coefficient (Wildman–Crippen LogP) is 3.35. The molecule has 5 heteroatoms. The quantitative estimate of drug-likeness (QED) is 0.872. The molecule has 5 nitrogen and oxygen atoms in total. The third-order valence-corrected chi connectivity index (χ3v) is 4.53. The number of hydrogen-bond acceptors (Lipinski definition) is 5. The predicted molar refractivity (Wildman–Crippen MR) is 97.3 cm³/mol. The summed E-state index contributed by atoms with van der Waals surface area (Å²) in [5.74, 6) is 3.04. The van der Waals surface area contributed by atoms with Crippen LogP contribution in [0.15, 0.2) is 30.3 Å². The van der Waals surface area contributed by atoms with Crippen LogP contribution in [0.25, 0.3) is 0 Å². The van der Waals surface area contributed by atoms with Gasteiger partial charge >= 0.3 is 0 Å². The Bertz CT molecular complexity index is 745. The van der Waals surface area contributed by atoms with Crippen molar-refractivity contribution in [3.63, 3.8) is 0 Å². The van der Waals surface area contributed by atoms with E-state index in [4.69, 9.17) is 18.9 Å². The second-order valence-electron chi connectivity index (χ2n) is 5.88. The van der Waals surface area contributed by atoms with E-state index in [2.05, 4.69) is 17.4 Å². The van der Waals surface area contributed by atoms with Gasteiger partial charge in [-0.1, -0.05) is 6.07 Å². The van der Waals surface area contributed by atoms with Crippen molar-refractivity contribution in [3.8, 4) is 23.0 Å². The van der Waals surface area contributed by atoms with Gasteiger partial charge in [0.25, 0.3) is 0 Å². The Morgan fingerprint density at radius 2 is 1.64 bits per heavy atom. The number of nitrogens with one attached hydrogen (secondary N) is 1. The zero-order valence-electron chi connectivity index (χ0n) is 15.2. The van der Waals surface area contributed by atoms with Crippen molar-refractivity contribution in [2.24, 2.45) is 0 Å². The van der Waals surface area contributed by atoms with E-state index in [0.717, 1.165) is 30.0 Å². The largest absolute Gasteiger partial charge is 0.496 e. The third kappa shape index (κ3) is 3.37. The molecule has 1 atom stereocenters. The molecule has 0 bridgehead atoms. The molecule has 1 aliphatic rings. The Labute approximate surface area is 148 Å². The summed E-state index contributed by atoms with van der Waals surface area (Å²) in [5.41, 5.74) is 3.57. The lowest BCUT2D eigenvalue weighted by atomic mass is 9.89. The highest BCUT2D eigenvalue weighted by atomic mass is 16.5. The Hall–Kier alpha value is -2.40. The molecule has 0 radical (unpaired) electrons. The highest BCUT2D eigenvalue weighted by Gasteiger charge is 2.26. The van der Waals surface area contributed by atoms with Crippen LogP contribution in [0.3, 0.4) is 0 Å². The van der Waals surface area contributed by atoms with Gasteiger partial charge in [-0.15, -0.1) is 0 Å². The van der Waals surface area contributed by atoms with Gasteiger partial charge in [-0.05, 0) is 42.7 Å². The first kappa shape index (κ1) is 17.4. The fourth-order valence-corrected chi connectivity index (χ4v) is 3.35. The van der Waals surface area contributed by atoms with Gasteiger partial charge in [-0.3, -0.25) is 0 Å². The van der Waals surface area contributed by atoms with E-state index in [-0.39, 0.29) is 6.04 Å². The number of ether oxygens (including phenoxy) is 4. The Kier molecular flexibility index (Phi) is 5.34. The van der Waals surface area contributed by atoms with Crippen molar-refractivity contribution >= 4 is 0 Å². The molecule has 0 aliphatic carbocycles. The van der Waals surface area contributed by atoms with E-state index in [1.165, 1.54) is 11.1 Å². The van der Waals surface area contributed by atoms with Gasteiger partial charge in [0.15, 0.2) is 11.5 Å². The normalized spacial score (nSPS) is 16.1. The average molecular weight is 343 g/mol. The van der Waals surface area contributed by atoms with Crippen molar-refractivity contribution in [1.82, 2.24) is 5.32 Å². The van der Waals surface area contributed by atoms with Crippen LogP contribution in [-0.2, 0) is 6.42 Å². The average Bonchev–Trinajstić information content (AvgIpc) is 2.66. The van der Waals surface area contributed by atoms with E-state index in [1.807, 2.05) is 25.1 Å². The van der Waals surface area contributed by atoms with Crippen molar-refractivity contribution in [2.75, 3.05) is 34.5 Å². The van der Waals surface area contributed by atoms with Crippen LogP contribution in [-0.4, -0.2) is 34.5 Å². The van der Waals surface area contributed by atoms with Gasteiger partial charge in [0, 0.05) is 18.2 Å². The molecule has 25 heavy (non-hydrogen) atoms. The number of methoxy groups -OCH3 is 3. The van der Waals surface area contributed by atoms with Crippen LogP contribution in [0.5, 0.6) is 23.0 Å². The minimum Gasteiger partial charge on any atom is -0.496 e. The number of fused-ring (bicyclic) bond motifs is 1. The maximum absolute atomic E-state index is 5.64. The molecule has 0 amide bonds. The summed E-state index contributed by atoms with van der Waals surface area (Å²) in [6, 6.07) is 10.2. The lowest BCUT2D eigenvalue weighted by Crippen LogP contribution is -2.31. The van der Waals surface area contributed by atoms with Gasteiger partial charge in [-0.25, -0.2) is 0 Å². The van der Waals surface area contributed by atoms with Crippen molar-refractivity contribution < 1.29 is 18.9 Å². The van der Waals surface area contributed by atoms with E-state index in [9.17, 15) is 0 Å². The molecule has 134 valence electrons. The molecule has 0 spiro atoms. The lowest BCUT2D eigenvalue weighted by molar-refractivity contribution is 0.339. The van der Waals surface area contributed by atoms with Crippen LogP contribution in [0, 0.1) is 0 Å². The maximum Gasteiger partial charge on any atom is 0.164 e. The van der Waals surface area contributed by atoms with E-state index >= 15 is 0 Å². The van der Waals surface area contributed by atoms with Crippen molar-refractivity contribution in [1.29, 1.82) is 0 Å². The van der Waals surface area contributed by atoms with Gasteiger partial charge < -0.3 is 24.3 Å². The summed E-state index contributed by atoms with van der Waals surface area (Å²) in [6.07, 6.45) is 0.975. The first-order chi connectivity index (χ1) is 12.2. The highest BCUT2D eigenvalue weighted by molar-refractivity contribution is 5.55. The van der Waals surface area contributed by atoms with Crippen LogP contribution >= 0.6 is 0 Å². The summed E-state index contributed by atoms with van der Waals surface area (Å²) >= 11 is 0. The number of benzene rings is 2. The zero-order valence-corrected chi connectivity index (χ0v) is 15.2.